The van der Waals surface area contributed by atoms with Gasteiger partial charge in [0.15, 0.2) is 0 Å². The van der Waals surface area contributed by atoms with Gasteiger partial charge in [-0.15, -0.1) is 0 Å². The first-order valence-corrected chi connectivity index (χ1v) is 11.8. The molecule has 1 aromatic carbocycles. The molecule has 1 heterocycles. The first-order chi connectivity index (χ1) is 16.9. The molecule has 1 amide bonds. The number of pyridine rings is 1. The highest BCUT2D eigenvalue weighted by molar-refractivity contribution is 5.99. The first kappa shape index (κ1) is 26.1. The molecule has 11 heteroatoms. The molecule has 2 aliphatic rings. The average Bonchev–Trinajstić information content (AvgIpc) is 3.57. The van der Waals surface area contributed by atoms with Crippen LogP contribution in [0.3, 0.4) is 0 Å². The Hall–Kier alpha value is -2.95. The van der Waals surface area contributed by atoms with Crippen LogP contribution in [-0.4, -0.2) is 48.0 Å². The minimum absolute atomic E-state index is 0.0261. The molecule has 0 aliphatic heterocycles. The number of carbonyl (C=O) groups excluding carboxylic acids is 1. The van der Waals surface area contributed by atoms with Gasteiger partial charge in [-0.1, -0.05) is 18.2 Å². The van der Waals surface area contributed by atoms with Crippen molar-refractivity contribution in [3.8, 4) is 0 Å². The summed E-state index contributed by atoms with van der Waals surface area (Å²) in [5.41, 5.74) is -3.08. The number of aromatic nitrogens is 1. The van der Waals surface area contributed by atoms with Crippen LogP contribution in [-0.2, 0) is 5.54 Å². The fourth-order valence-corrected chi connectivity index (χ4v) is 4.64. The van der Waals surface area contributed by atoms with Crippen molar-refractivity contribution in [3.05, 3.63) is 63.3 Å². The van der Waals surface area contributed by atoms with Crippen molar-refractivity contribution in [1.29, 1.82) is 0 Å². The summed E-state index contributed by atoms with van der Waals surface area (Å²) in [5.74, 6) is -1.86. The highest BCUT2D eigenvalue weighted by Crippen LogP contribution is 2.48. The summed E-state index contributed by atoms with van der Waals surface area (Å²) in [6, 6.07) is 3.97. The highest BCUT2D eigenvalue weighted by Gasteiger charge is 2.53. The lowest BCUT2D eigenvalue weighted by molar-refractivity contribution is 0.0648. The lowest BCUT2D eigenvalue weighted by Crippen LogP contribution is -2.47. The number of carbonyl (C=O) groups is 1. The van der Waals surface area contributed by atoms with E-state index in [2.05, 4.69) is 15.5 Å². The van der Waals surface area contributed by atoms with Crippen molar-refractivity contribution < 1.29 is 26.7 Å². The number of benzene rings is 1. The topological polar surface area (TPSA) is 66.4 Å². The van der Waals surface area contributed by atoms with E-state index in [9.17, 15) is 31.5 Å². The van der Waals surface area contributed by atoms with Gasteiger partial charge in [-0.05, 0) is 46.7 Å². The van der Waals surface area contributed by atoms with E-state index in [1.165, 1.54) is 19.1 Å². The second-order valence-electron chi connectivity index (χ2n) is 9.89. The van der Waals surface area contributed by atoms with E-state index >= 15 is 0 Å². The Bertz CT molecular complexity index is 1190. The van der Waals surface area contributed by atoms with E-state index < -0.39 is 47.3 Å². The molecule has 36 heavy (non-hydrogen) atoms. The summed E-state index contributed by atoms with van der Waals surface area (Å²) < 4.78 is 69.3. The van der Waals surface area contributed by atoms with Crippen LogP contribution in [0.5, 0.6) is 0 Å². The molecule has 2 fully saturated rings. The lowest BCUT2D eigenvalue weighted by atomic mass is 9.85. The Morgan fingerprint density at radius 1 is 1.14 bits per heavy atom. The molecule has 0 spiro atoms. The standard InChI is InChI=1S/C25H29F5N4O2/c1-13(16-5-4-6-17(21(16)26)22(27)28)31-23(36)18-12-34(25(7-8-25)24(29)30)20(35)11-19(18)32-14-9-15(10-14)33(2)3/h4-6,11-15,22,24,32H,7-10H2,1-3H3,(H,31,36)/t13-,14?,15?/m1/s1. The first-order valence-electron chi connectivity index (χ1n) is 11.8. The maximum atomic E-state index is 14.6. The van der Waals surface area contributed by atoms with E-state index in [1.54, 1.807) is 0 Å². The normalized spacial score (nSPS) is 21.4. The van der Waals surface area contributed by atoms with E-state index in [4.69, 9.17) is 0 Å². The largest absolute Gasteiger partial charge is 0.381 e. The van der Waals surface area contributed by atoms with Gasteiger partial charge in [0, 0.05) is 29.9 Å². The zero-order chi connectivity index (χ0) is 26.4. The van der Waals surface area contributed by atoms with Crippen LogP contribution in [0.1, 0.15) is 66.6 Å². The Morgan fingerprint density at radius 3 is 2.33 bits per heavy atom. The van der Waals surface area contributed by atoms with Crippen molar-refractivity contribution >= 4 is 11.6 Å². The minimum atomic E-state index is -3.02. The molecule has 6 nitrogen and oxygen atoms in total. The number of rotatable bonds is 9. The highest BCUT2D eigenvalue weighted by atomic mass is 19.3. The third-order valence-electron chi connectivity index (χ3n) is 7.26. The number of amides is 1. The predicted molar refractivity (Wildman–Crippen MR) is 125 cm³/mol. The van der Waals surface area contributed by atoms with Crippen LogP contribution in [0, 0.1) is 5.82 Å². The van der Waals surface area contributed by atoms with Gasteiger partial charge in [0.05, 0.1) is 22.9 Å². The molecule has 2 aromatic rings. The van der Waals surface area contributed by atoms with Gasteiger partial charge in [-0.25, -0.2) is 22.0 Å². The minimum Gasteiger partial charge on any atom is -0.381 e. The van der Waals surface area contributed by atoms with Crippen molar-refractivity contribution in [2.45, 2.75) is 69.1 Å². The molecule has 196 valence electrons. The molecule has 0 saturated heterocycles. The molecule has 0 unspecified atom stereocenters. The summed E-state index contributed by atoms with van der Waals surface area (Å²) in [6.45, 7) is 1.43. The van der Waals surface area contributed by atoms with Crippen LogP contribution < -0.4 is 16.2 Å². The van der Waals surface area contributed by atoms with Crippen molar-refractivity contribution in [2.75, 3.05) is 19.4 Å². The Morgan fingerprint density at radius 2 is 1.78 bits per heavy atom. The number of alkyl halides is 4. The molecule has 0 radical (unpaired) electrons. The predicted octanol–water partition coefficient (Wildman–Crippen LogP) is 4.67. The van der Waals surface area contributed by atoms with Gasteiger partial charge in [-0.3, -0.25) is 9.59 Å². The van der Waals surface area contributed by atoms with Gasteiger partial charge in [0.25, 0.3) is 24.3 Å². The smallest absolute Gasteiger partial charge is 0.266 e. The lowest BCUT2D eigenvalue weighted by Gasteiger charge is -2.40. The summed E-state index contributed by atoms with van der Waals surface area (Å²) in [5, 5.41) is 5.74. The van der Waals surface area contributed by atoms with E-state index in [0.29, 0.717) is 6.04 Å². The van der Waals surface area contributed by atoms with Crippen LogP contribution >= 0.6 is 0 Å². The maximum Gasteiger partial charge on any atom is 0.266 e. The fraction of sp³-hybridized carbons (Fsp3) is 0.520. The zero-order valence-corrected chi connectivity index (χ0v) is 20.2. The Balaban J connectivity index is 1.64. The summed E-state index contributed by atoms with van der Waals surface area (Å²) in [7, 11) is 3.90. The molecule has 1 aromatic heterocycles. The number of nitrogens with one attached hydrogen (secondary N) is 2. The SMILES string of the molecule is C[C@@H](NC(=O)c1cn(C2(C(F)F)CC2)c(=O)cc1NC1CC(N(C)C)C1)c1cccc(C(F)F)c1F. The number of nitrogens with zero attached hydrogens (tertiary/aromatic N) is 2. The van der Waals surface area contributed by atoms with Crippen LogP contribution in [0.25, 0.3) is 0 Å². The second-order valence-corrected chi connectivity index (χ2v) is 9.89. The Labute approximate surface area is 205 Å². The van der Waals surface area contributed by atoms with Crippen molar-refractivity contribution in [2.24, 2.45) is 0 Å². The molecule has 4 rings (SSSR count). The van der Waals surface area contributed by atoms with Gasteiger partial charge in [-0.2, -0.15) is 0 Å². The second kappa shape index (κ2) is 9.84. The molecule has 2 aliphatic carbocycles. The van der Waals surface area contributed by atoms with Gasteiger partial charge in [0.2, 0.25) is 0 Å². The average molecular weight is 513 g/mol. The molecule has 0 bridgehead atoms. The van der Waals surface area contributed by atoms with Crippen LogP contribution in [0.15, 0.2) is 35.3 Å². The summed E-state index contributed by atoms with van der Waals surface area (Å²) in [4.78, 5) is 28.1. The number of hydrogen-bond acceptors (Lipinski definition) is 4. The molecule has 2 N–H and O–H groups in total. The fourth-order valence-electron chi connectivity index (χ4n) is 4.64. The van der Waals surface area contributed by atoms with Crippen LogP contribution in [0.4, 0.5) is 27.6 Å². The third-order valence-corrected chi connectivity index (χ3v) is 7.26. The number of anilines is 1. The van der Waals surface area contributed by atoms with Gasteiger partial charge in [0.1, 0.15) is 11.4 Å². The Kier molecular flexibility index (Phi) is 7.14. The molecular formula is C25H29F5N4O2. The number of halogens is 5. The number of hydrogen-bond donors (Lipinski definition) is 2. The van der Waals surface area contributed by atoms with Crippen molar-refractivity contribution in [1.82, 2.24) is 14.8 Å². The molecule has 1 atom stereocenters. The van der Waals surface area contributed by atoms with E-state index in [1.807, 2.05) is 14.1 Å². The van der Waals surface area contributed by atoms with E-state index in [-0.39, 0.29) is 35.7 Å². The molecular weight excluding hydrogens is 483 g/mol. The van der Waals surface area contributed by atoms with Gasteiger partial charge >= 0.3 is 0 Å². The summed E-state index contributed by atoms with van der Waals surface area (Å²) >= 11 is 0. The van der Waals surface area contributed by atoms with Gasteiger partial charge < -0.3 is 20.1 Å². The summed E-state index contributed by atoms with van der Waals surface area (Å²) in [6.07, 6.45) is -2.95. The zero-order valence-electron chi connectivity index (χ0n) is 20.2. The quantitative estimate of drug-likeness (QED) is 0.479. The van der Waals surface area contributed by atoms with E-state index in [0.717, 1.165) is 35.7 Å². The van der Waals surface area contributed by atoms with Crippen molar-refractivity contribution in [3.63, 3.8) is 0 Å². The third kappa shape index (κ3) is 4.85. The molecule has 2 saturated carbocycles. The maximum absolute atomic E-state index is 14.6. The monoisotopic (exact) mass is 512 g/mol. The van der Waals surface area contributed by atoms with Crippen LogP contribution in [0.2, 0.25) is 0 Å².